The summed E-state index contributed by atoms with van der Waals surface area (Å²) in [6, 6.07) is 8.64. The fourth-order valence-corrected chi connectivity index (χ4v) is 4.09. The van der Waals surface area contributed by atoms with Crippen LogP contribution < -0.4 is 5.32 Å². The molecule has 0 spiro atoms. The lowest BCUT2D eigenvalue weighted by molar-refractivity contribution is -0.126. The molecule has 1 aliphatic heterocycles. The van der Waals surface area contributed by atoms with Crippen molar-refractivity contribution in [2.24, 2.45) is 5.92 Å². The van der Waals surface area contributed by atoms with Gasteiger partial charge in [0, 0.05) is 19.6 Å². The summed E-state index contributed by atoms with van der Waals surface area (Å²) in [7, 11) is -3.21. The van der Waals surface area contributed by atoms with Gasteiger partial charge in [-0.3, -0.25) is 4.79 Å². The zero-order valence-electron chi connectivity index (χ0n) is 15.5. The molecule has 1 N–H and O–H groups in total. The molecule has 1 aromatic carbocycles. The van der Waals surface area contributed by atoms with Gasteiger partial charge in [-0.15, -0.1) is 0 Å². The number of nitrogens with one attached hydrogen (secondary N) is 1. The second-order valence-electron chi connectivity index (χ2n) is 7.25. The molecule has 1 amide bonds. The standard InChI is InChI=1S/C19H30N2O3S/c1-15(2)17-10-8-16(9-11-17)6-4-12-20-19(22)18-7-5-13-21(14-18)25(3,23)24/h8-11,15,18H,4-7,12-14H2,1-3H3,(H,20,22)/t18-/m1/s1. The van der Waals surface area contributed by atoms with Crippen LogP contribution in [0.2, 0.25) is 0 Å². The Morgan fingerprint density at radius 2 is 1.96 bits per heavy atom. The van der Waals surface area contributed by atoms with Crippen molar-refractivity contribution in [2.45, 2.75) is 45.4 Å². The number of nitrogens with zero attached hydrogens (tertiary/aromatic N) is 1. The number of aryl methyl sites for hydroxylation is 1. The number of carbonyl (C=O) groups is 1. The van der Waals surface area contributed by atoms with Crippen molar-refractivity contribution >= 4 is 15.9 Å². The Bertz CT molecular complexity index is 668. The van der Waals surface area contributed by atoms with E-state index >= 15 is 0 Å². The molecule has 0 radical (unpaired) electrons. The quantitative estimate of drug-likeness (QED) is 0.754. The van der Waals surface area contributed by atoms with E-state index in [1.807, 2.05) is 0 Å². The van der Waals surface area contributed by atoms with E-state index < -0.39 is 10.0 Å². The fraction of sp³-hybridized carbons (Fsp3) is 0.632. The molecule has 1 fully saturated rings. The zero-order valence-corrected chi connectivity index (χ0v) is 16.3. The normalized spacial score (nSPS) is 19.1. The van der Waals surface area contributed by atoms with Gasteiger partial charge >= 0.3 is 0 Å². The van der Waals surface area contributed by atoms with Gasteiger partial charge in [0.05, 0.1) is 12.2 Å². The molecule has 0 aliphatic carbocycles. The van der Waals surface area contributed by atoms with Gasteiger partial charge < -0.3 is 5.32 Å². The van der Waals surface area contributed by atoms with Gasteiger partial charge in [0.25, 0.3) is 0 Å². The molecule has 1 atom stereocenters. The van der Waals surface area contributed by atoms with Crippen LogP contribution in [0.5, 0.6) is 0 Å². The van der Waals surface area contributed by atoms with Crippen molar-refractivity contribution < 1.29 is 13.2 Å². The number of hydrogen-bond donors (Lipinski definition) is 1. The Hall–Kier alpha value is -1.40. The minimum absolute atomic E-state index is 0.0245. The molecule has 140 valence electrons. The van der Waals surface area contributed by atoms with Gasteiger partial charge in [0.1, 0.15) is 0 Å². The van der Waals surface area contributed by atoms with Crippen LogP contribution in [0.15, 0.2) is 24.3 Å². The average Bonchev–Trinajstić information content (AvgIpc) is 2.58. The highest BCUT2D eigenvalue weighted by Crippen LogP contribution is 2.19. The van der Waals surface area contributed by atoms with Gasteiger partial charge in [-0.1, -0.05) is 38.1 Å². The number of rotatable bonds is 7. The van der Waals surface area contributed by atoms with Gasteiger partial charge in [-0.25, -0.2) is 12.7 Å². The van der Waals surface area contributed by atoms with E-state index in [0.717, 1.165) is 25.7 Å². The third kappa shape index (κ3) is 6.12. The van der Waals surface area contributed by atoms with Crippen LogP contribution in [0.3, 0.4) is 0 Å². The first-order valence-corrected chi connectivity index (χ1v) is 10.9. The fourth-order valence-electron chi connectivity index (χ4n) is 3.18. The van der Waals surface area contributed by atoms with Crippen LogP contribution in [0, 0.1) is 5.92 Å². The maximum atomic E-state index is 12.3. The molecular formula is C19H30N2O3S. The highest BCUT2D eigenvalue weighted by Gasteiger charge is 2.29. The first-order chi connectivity index (χ1) is 11.8. The SMILES string of the molecule is CC(C)c1ccc(CCCNC(=O)[C@@H]2CCCN(S(C)(=O)=O)C2)cc1. The summed E-state index contributed by atoms with van der Waals surface area (Å²) in [6.45, 7) is 5.82. The van der Waals surface area contributed by atoms with Crippen molar-refractivity contribution in [1.29, 1.82) is 0 Å². The number of benzene rings is 1. The van der Waals surface area contributed by atoms with E-state index in [9.17, 15) is 13.2 Å². The summed E-state index contributed by atoms with van der Waals surface area (Å²) < 4.78 is 24.7. The molecule has 2 rings (SSSR count). The van der Waals surface area contributed by atoms with Gasteiger partial charge in [-0.05, 0) is 42.7 Å². The summed E-state index contributed by atoms with van der Waals surface area (Å²) in [6.07, 6.45) is 4.52. The zero-order chi connectivity index (χ0) is 18.4. The molecular weight excluding hydrogens is 336 g/mol. The molecule has 25 heavy (non-hydrogen) atoms. The van der Waals surface area contributed by atoms with Crippen molar-refractivity contribution in [1.82, 2.24) is 9.62 Å². The van der Waals surface area contributed by atoms with Crippen molar-refractivity contribution in [3.05, 3.63) is 35.4 Å². The maximum absolute atomic E-state index is 12.3. The second-order valence-corrected chi connectivity index (χ2v) is 9.23. The number of amides is 1. The topological polar surface area (TPSA) is 66.5 Å². The van der Waals surface area contributed by atoms with E-state index in [0.29, 0.717) is 25.6 Å². The van der Waals surface area contributed by atoms with Crippen molar-refractivity contribution in [2.75, 3.05) is 25.9 Å². The highest BCUT2D eigenvalue weighted by molar-refractivity contribution is 7.88. The first kappa shape index (κ1) is 19.9. The van der Waals surface area contributed by atoms with Gasteiger partial charge in [-0.2, -0.15) is 0 Å². The van der Waals surface area contributed by atoms with E-state index in [2.05, 4.69) is 43.4 Å². The van der Waals surface area contributed by atoms with Crippen LogP contribution in [-0.2, 0) is 21.2 Å². The average molecular weight is 367 g/mol. The Labute approximate surface area is 151 Å². The number of piperidine rings is 1. The molecule has 0 bridgehead atoms. The lowest BCUT2D eigenvalue weighted by atomic mass is 9.98. The predicted octanol–water partition coefficient (Wildman–Crippen LogP) is 2.53. The van der Waals surface area contributed by atoms with Crippen molar-refractivity contribution in [3.63, 3.8) is 0 Å². The largest absolute Gasteiger partial charge is 0.356 e. The van der Waals surface area contributed by atoms with Crippen LogP contribution in [-0.4, -0.2) is 44.5 Å². The van der Waals surface area contributed by atoms with Crippen LogP contribution >= 0.6 is 0 Å². The Balaban J connectivity index is 1.73. The monoisotopic (exact) mass is 366 g/mol. The lowest BCUT2D eigenvalue weighted by Crippen LogP contribution is -2.45. The number of sulfonamides is 1. The van der Waals surface area contributed by atoms with Gasteiger partial charge in [0.2, 0.25) is 15.9 Å². The van der Waals surface area contributed by atoms with Crippen LogP contribution in [0.1, 0.15) is 50.2 Å². The van der Waals surface area contributed by atoms with Crippen LogP contribution in [0.4, 0.5) is 0 Å². The third-order valence-corrected chi connectivity index (χ3v) is 6.08. The summed E-state index contributed by atoms with van der Waals surface area (Å²) in [5, 5.41) is 2.96. The Morgan fingerprint density at radius 3 is 2.56 bits per heavy atom. The molecule has 0 aromatic heterocycles. The van der Waals surface area contributed by atoms with E-state index in [4.69, 9.17) is 0 Å². The second kappa shape index (κ2) is 8.81. The number of hydrogen-bond acceptors (Lipinski definition) is 3. The van der Waals surface area contributed by atoms with Crippen molar-refractivity contribution in [3.8, 4) is 0 Å². The molecule has 0 unspecified atom stereocenters. The minimum atomic E-state index is -3.21. The molecule has 5 nitrogen and oxygen atoms in total. The van der Waals surface area contributed by atoms with Crippen LogP contribution in [0.25, 0.3) is 0 Å². The summed E-state index contributed by atoms with van der Waals surface area (Å²) >= 11 is 0. The molecule has 1 heterocycles. The minimum Gasteiger partial charge on any atom is -0.356 e. The lowest BCUT2D eigenvalue weighted by Gasteiger charge is -2.30. The highest BCUT2D eigenvalue weighted by atomic mass is 32.2. The smallest absolute Gasteiger partial charge is 0.224 e. The van der Waals surface area contributed by atoms with E-state index in [1.165, 1.54) is 21.7 Å². The Kier molecular flexibility index (Phi) is 7.02. The first-order valence-electron chi connectivity index (χ1n) is 9.09. The molecule has 6 heteroatoms. The predicted molar refractivity (Wildman–Crippen MR) is 101 cm³/mol. The summed E-state index contributed by atoms with van der Waals surface area (Å²) in [4.78, 5) is 12.3. The molecule has 1 aromatic rings. The van der Waals surface area contributed by atoms with E-state index in [1.54, 1.807) is 0 Å². The maximum Gasteiger partial charge on any atom is 0.224 e. The Morgan fingerprint density at radius 1 is 1.28 bits per heavy atom. The third-order valence-electron chi connectivity index (χ3n) is 4.81. The van der Waals surface area contributed by atoms with E-state index in [-0.39, 0.29) is 11.8 Å². The summed E-state index contributed by atoms with van der Waals surface area (Å²) in [5.74, 6) is 0.285. The summed E-state index contributed by atoms with van der Waals surface area (Å²) in [5.41, 5.74) is 2.62. The molecule has 1 aliphatic rings. The molecule has 0 saturated carbocycles. The van der Waals surface area contributed by atoms with Gasteiger partial charge in [0.15, 0.2) is 0 Å². The number of carbonyl (C=O) groups excluding carboxylic acids is 1. The molecule has 1 saturated heterocycles.